The highest BCUT2D eigenvalue weighted by Crippen LogP contribution is 2.26. The summed E-state index contributed by atoms with van der Waals surface area (Å²) in [6.07, 6.45) is 5.33. The van der Waals surface area contributed by atoms with Crippen LogP contribution in [0.3, 0.4) is 0 Å². The van der Waals surface area contributed by atoms with Crippen molar-refractivity contribution in [3.63, 3.8) is 0 Å². The number of halogens is 1. The van der Waals surface area contributed by atoms with E-state index in [2.05, 4.69) is 46.1 Å². The van der Waals surface area contributed by atoms with E-state index in [-0.39, 0.29) is 11.4 Å². The van der Waals surface area contributed by atoms with Crippen molar-refractivity contribution < 1.29 is 14.4 Å². The molecule has 1 aromatic rings. The van der Waals surface area contributed by atoms with Gasteiger partial charge in [0.25, 0.3) is 5.91 Å². The molecule has 0 fully saturated rings. The number of allylic oxidation sites excluding steroid dienone is 1. The second-order valence-electron chi connectivity index (χ2n) is 8.38. The van der Waals surface area contributed by atoms with Crippen molar-refractivity contribution in [2.45, 2.75) is 87.1 Å². The maximum atomic E-state index is 14.3. The molecule has 0 bridgehead atoms. The van der Waals surface area contributed by atoms with E-state index < -0.39 is 5.91 Å². The fourth-order valence-corrected chi connectivity index (χ4v) is 3.68. The Labute approximate surface area is 189 Å². The van der Waals surface area contributed by atoms with E-state index in [9.17, 15) is 9.18 Å². The predicted octanol–water partition coefficient (Wildman–Crippen LogP) is 6.76. The molecule has 0 radical (unpaired) electrons. The lowest BCUT2D eigenvalue weighted by Gasteiger charge is -2.32. The molecule has 31 heavy (non-hydrogen) atoms. The normalized spacial score (nSPS) is 13.9. The van der Waals surface area contributed by atoms with Crippen LogP contribution >= 0.6 is 0 Å². The van der Waals surface area contributed by atoms with Crippen LogP contribution in [-0.4, -0.2) is 29.1 Å². The third-order valence-electron chi connectivity index (χ3n) is 5.63. The Hall–Kier alpha value is -1.72. The van der Waals surface area contributed by atoms with Crippen molar-refractivity contribution in [1.29, 1.82) is 0 Å². The molecule has 1 amide bonds. The van der Waals surface area contributed by atoms with Gasteiger partial charge >= 0.3 is 0 Å². The van der Waals surface area contributed by atoms with Gasteiger partial charge in [0.2, 0.25) is 0 Å². The van der Waals surface area contributed by atoms with Crippen molar-refractivity contribution in [1.82, 2.24) is 10.4 Å². The zero-order valence-corrected chi connectivity index (χ0v) is 20.9. The van der Waals surface area contributed by atoms with Crippen LogP contribution in [0.4, 0.5) is 4.39 Å². The summed E-state index contributed by atoms with van der Waals surface area (Å²) in [5.74, 6) is 0.284. The molecule has 1 atom stereocenters. The Morgan fingerprint density at radius 1 is 1.23 bits per heavy atom. The van der Waals surface area contributed by atoms with E-state index in [0.717, 1.165) is 44.3 Å². The molecule has 0 aromatic heterocycles. The van der Waals surface area contributed by atoms with Gasteiger partial charge in [-0.3, -0.25) is 14.9 Å². The van der Waals surface area contributed by atoms with E-state index in [1.807, 2.05) is 13.8 Å². The van der Waals surface area contributed by atoms with Crippen LogP contribution in [0.25, 0.3) is 0 Å². The number of nitrogens with one attached hydrogen (secondary N) is 1. The third-order valence-corrected chi connectivity index (χ3v) is 5.63. The predicted molar refractivity (Wildman–Crippen MR) is 129 cm³/mol. The number of fused-ring (bicyclic) bond motifs is 1. The summed E-state index contributed by atoms with van der Waals surface area (Å²) in [6.45, 7) is 21.2. The van der Waals surface area contributed by atoms with E-state index in [1.54, 1.807) is 11.5 Å². The van der Waals surface area contributed by atoms with Crippen molar-refractivity contribution in [2.75, 3.05) is 13.1 Å². The lowest BCUT2D eigenvalue weighted by molar-refractivity contribution is 0.0705. The van der Waals surface area contributed by atoms with E-state index in [0.29, 0.717) is 23.9 Å². The number of benzene rings is 1. The minimum Gasteiger partial charge on any atom is -0.298 e. The largest absolute Gasteiger partial charge is 0.298 e. The minimum absolute atomic E-state index is 0.170. The molecule has 5 heteroatoms. The minimum atomic E-state index is -0.669. The maximum absolute atomic E-state index is 14.3. The SMILES string of the molecule is C=C(CC)CC.CC.CCC(CC(C)C)CN1CCc2cc(C(=O)NO)cc(F)c2C1. The summed E-state index contributed by atoms with van der Waals surface area (Å²) in [7, 11) is 0. The van der Waals surface area contributed by atoms with E-state index >= 15 is 0 Å². The van der Waals surface area contributed by atoms with Gasteiger partial charge in [0, 0.05) is 30.8 Å². The van der Waals surface area contributed by atoms with Crippen LogP contribution in [0, 0.1) is 17.7 Å². The number of hydrogen-bond donors (Lipinski definition) is 2. The fourth-order valence-electron chi connectivity index (χ4n) is 3.68. The van der Waals surface area contributed by atoms with Gasteiger partial charge in [-0.1, -0.05) is 67.0 Å². The van der Waals surface area contributed by atoms with Gasteiger partial charge in [0.05, 0.1) is 0 Å². The highest BCUT2D eigenvalue weighted by molar-refractivity contribution is 5.93. The van der Waals surface area contributed by atoms with Gasteiger partial charge in [0.1, 0.15) is 5.82 Å². The standard InChI is InChI=1S/C18H27FN2O2.C6H12.C2H6/c1-4-13(7-12(2)3)10-21-6-5-14-8-15(18(22)20-23)9-17(19)16(14)11-21;1-4-6(3)5-2;1-2/h8-9,12-13,23H,4-7,10-11H2,1-3H3,(H,20,22);3-5H2,1-2H3;1-2H3. The number of carbonyl (C=O) groups is 1. The molecule has 0 saturated heterocycles. The highest BCUT2D eigenvalue weighted by Gasteiger charge is 2.23. The molecule has 1 aromatic carbocycles. The van der Waals surface area contributed by atoms with Gasteiger partial charge < -0.3 is 0 Å². The molecule has 1 unspecified atom stereocenters. The molecule has 0 spiro atoms. The summed E-state index contributed by atoms with van der Waals surface area (Å²) in [4.78, 5) is 13.8. The number of hydrogen-bond acceptors (Lipinski definition) is 3. The number of carbonyl (C=O) groups excluding carboxylic acids is 1. The summed E-state index contributed by atoms with van der Waals surface area (Å²) >= 11 is 0. The highest BCUT2D eigenvalue weighted by atomic mass is 19.1. The van der Waals surface area contributed by atoms with E-state index in [1.165, 1.54) is 18.1 Å². The smallest absolute Gasteiger partial charge is 0.274 e. The topological polar surface area (TPSA) is 52.6 Å². The molecular weight excluding hydrogens is 391 g/mol. The van der Waals surface area contributed by atoms with Crippen molar-refractivity contribution >= 4 is 5.91 Å². The Balaban J connectivity index is 0.000000970. The second-order valence-corrected chi connectivity index (χ2v) is 8.38. The summed E-state index contributed by atoms with van der Waals surface area (Å²) < 4.78 is 14.3. The van der Waals surface area contributed by atoms with Gasteiger partial charge in [-0.25, -0.2) is 9.87 Å². The molecule has 178 valence electrons. The monoisotopic (exact) mass is 436 g/mol. The Bertz CT molecular complexity index is 668. The lowest BCUT2D eigenvalue weighted by Crippen LogP contribution is -2.35. The van der Waals surface area contributed by atoms with Crippen LogP contribution in [-0.2, 0) is 13.0 Å². The number of nitrogens with zero attached hydrogens (tertiary/aromatic N) is 1. The Morgan fingerprint density at radius 3 is 2.29 bits per heavy atom. The first kappa shape index (κ1) is 29.3. The molecule has 2 N–H and O–H groups in total. The quantitative estimate of drug-likeness (QED) is 0.269. The van der Waals surface area contributed by atoms with Crippen molar-refractivity contribution in [3.05, 3.63) is 46.8 Å². The fraction of sp³-hybridized carbons (Fsp3) is 0.654. The van der Waals surface area contributed by atoms with Gasteiger partial charge in [-0.15, -0.1) is 0 Å². The molecule has 0 aliphatic carbocycles. The molecule has 1 aliphatic rings. The first-order chi connectivity index (χ1) is 14.7. The zero-order chi connectivity index (χ0) is 24.0. The first-order valence-corrected chi connectivity index (χ1v) is 11.9. The van der Waals surface area contributed by atoms with Gasteiger partial charge in [0.15, 0.2) is 0 Å². The molecule has 1 heterocycles. The third kappa shape index (κ3) is 10.4. The van der Waals surface area contributed by atoms with Gasteiger partial charge in [-0.05, 0) is 55.2 Å². The Kier molecular flexibility index (Phi) is 15.1. The van der Waals surface area contributed by atoms with Crippen molar-refractivity contribution in [3.8, 4) is 0 Å². The van der Waals surface area contributed by atoms with Crippen molar-refractivity contribution in [2.24, 2.45) is 11.8 Å². The molecule has 1 aliphatic heterocycles. The maximum Gasteiger partial charge on any atom is 0.274 e. The molecule has 0 saturated carbocycles. The summed E-state index contributed by atoms with van der Waals surface area (Å²) in [5, 5.41) is 8.69. The zero-order valence-electron chi connectivity index (χ0n) is 20.9. The lowest BCUT2D eigenvalue weighted by atomic mass is 9.92. The average Bonchev–Trinajstić information content (AvgIpc) is 2.79. The van der Waals surface area contributed by atoms with Crippen LogP contribution < -0.4 is 5.48 Å². The Morgan fingerprint density at radius 2 is 1.84 bits per heavy atom. The summed E-state index contributed by atoms with van der Waals surface area (Å²) in [6, 6.07) is 2.89. The van der Waals surface area contributed by atoms with Crippen LogP contribution in [0.1, 0.15) is 95.6 Å². The van der Waals surface area contributed by atoms with E-state index in [4.69, 9.17) is 5.21 Å². The number of rotatable bonds is 8. The van der Waals surface area contributed by atoms with Crippen LogP contribution in [0.5, 0.6) is 0 Å². The summed E-state index contributed by atoms with van der Waals surface area (Å²) in [5.41, 5.74) is 4.63. The number of amides is 1. The first-order valence-electron chi connectivity index (χ1n) is 11.9. The molecular formula is C26H45FN2O2. The second kappa shape index (κ2) is 16.0. The van der Waals surface area contributed by atoms with Crippen LogP contribution in [0.15, 0.2) is 24.3 Å². The molecule has 4 nitrogen and oxygen atoms in total. The van der Waals surface area contributed by atoms with Crippen LogP contribution in [0.2, 0.25) is 0 Å². The average molecular weight is 437 g/mol. The number of hydroxylamine groups is 1. The molecule has 2 rings (SSSR count). The van der Waals surface area contributed by atoms with Gasteiger partial charge in [-0.2, -0.15) is 0 Å².